The van der Waals surface area contributed by atoms with E-state index in [0.717, 1.165) is 69.2 Å². The van der Waals surface area contributed by atoms with Gasteiger partial charge in [-0.3, -0.25) is 4.79 Å². The van der Waals surface area contributed by atoms with E-state index >= 15 is 0 Å². The number of carbonyl (C=O) groups excluding carboxylic acids is 1. The van der Waals surface area contributed by atoms with Crippen molar-refractivity contribution in [1.29, 1.82) is 0 Å². The molecule has 0 amide bonds. The number of unbranched alkanes of at least 4 members (excludes halogenated alkanes) is 1. The molecule has 1 aromatic carbocycles. The third kappa shape index (κ3) is 3.84. The number of halogens is 2. The molecule has 0 saturated carbocycles. The first-order chi connectivity index (χ1) is 16.6. The van der Waals surface area contributed by atoms with Gasteiger partial charge in [0.2, 0.25) is 0 Å². The monoisotopic (exact) mass is 538 g/mol. The molecular formula is C24H20BrClN6O2. The number of tetrazole rings is 1. The van der Waals surface area contributed by atoms with E-state index in [1.54, 1.807) is 12.5 Å². The van der Waals surface area contributed by atoms with E-state index in [9.17, 15) is 4.79 Å². The van der Waals surface area contributed by atoms with E-state index in [1.807, 2.05) is 34.9 Å². The normalized spacial score (nSPS) is 11.4. The van der Waals surface area contributed by atoms with Gasteiger partial charge in [-0.2, -0.15) is 0 Å². The van der Waals surface area contributed by atoms with Crippen LogP contribution in [0.15, 0.2) is 51.7 Å². The standard InChI is InChI=1S/C24H20BrClN6O2/c1-2-3-8-20-27-23(26)19(12-33)32(20)11-17-14-9-10-34-13-18(14)22(25)21(17)15-6-4-5-7-16(15)24-28-30-31-29-24/h4-7,9-10,12-13H,2-3,8,11H2,1H3,(H,28,29,30,31). The van der Waals surface area contributed by atoms with Crippen molar-refractivity contribution >= 4 is 33.8 Å². The van der Waals surface area contributed by atoms with Gasteiger partial charge in [0.25, 0.3) is 0 Å². The number of fused-ring (bicyclic) bond motifs is 1. The number of aromatic amines is 1. The fourth-order valence-corrected chi connectivity index (χ4v) is 5.29. The van der Waals surface area contributed by atoms with Crippen molar-refractivity contribution in [2.45, 2.75) is 32.7 Å². The number of carbonyl (C=O) groups is 1. The van der Waals surface area contributed by atoms with Crippen LogP contribution in [0, 0.1) is 0 Å². The predicted octanol–water partition coefficient (Wildman–Crippen LogP) is 6.05. The minimum absolute atomic E-state index is 0.223. The van der Waals surface area contributed by atoms with Gasteiger partial charge in [-0.15, -0.1) is 5.10 Å². The lowest BCUT2D eigenvalue weighted by Crippen LogP contribution is -2.09. The maximum Gasteiger partial charge on any atom is 0.180 e. The number of aromatic nitrogens is 6. The lowest BCUT2D eigenvalue weighted by Gasteiger charge is -2.14. The van der Waals surface area contributed by atoms with E-state index in [0.29, 0.717) is 18.1 Å². The zero-order chi connectivity index (χ0) is 23.7. The number of rotatable bonds is 8. The van der Waals surface area contributed by atoms with Gasteiger partial charge in [0.15, 0.2) is 17.3 Å². The second-order valence-corrected chi connectivity index (χ2v) is 9.01. The van der Waals surface area contributed by atoms with E-state index < -0.39 is 0 Å². The lowest BCUT2D eigenvalue weighted by atomic mass is 9.97. The number of nitrogens with zero attached hydrogens (tertiary/aromatic N) is 5. The molecule has 1 N–H and O–H groups in total. The van der Waals surface area contributed by atoms with Crippen LogP contribution in [0.1, 0.15) is 41.6 Å². The Hall–Kier alpha value is -3.30. The molecule has 5 rings (SSSR count). The summed E-state index contributed by atoms with van der Waals surface area (Å²) in [7, 11) is 0. The summed E-state index contributed by atoms with van der Waals surface area (Å²) in [6, 6.07) is 9.83. The minimum atomic E-state index is 0.223. The molecule has 1 aliphatic heterocycles. The number of nitrogens with one attached hydrogen (secondary N) is 1. The van der Waals surface area contributed by atoms with E-state index in [-0.39, 0.29) is 5.15 Å². The first kappa shape index (κ1) is 22.5. The van der Waals surface area contributed by atoms with Gasteiger partial charge in [-0.25, -0.2) is 10.1 Å². The maximum atomic E-state index is 12.0. The Morgan fingerprint density at radius 1 is 1.18 bits per heavy atom. The zero-order valence-corrected chi connectivity index (χ0v) is 20.6. The van der Waals surface area contributed by atoms with Crippen LogP contribution in [-0.4, -0.2) is 36.5 Å². The highest BCUT2D eigenvalue weighted by molar-refractivity contribution is 9.10. The van der Waals surface area contributed by atoms with Crippen molar-refractivity contribution < 1.29 is 9.21 Å². The highest BCUT2D eigenvalue weighted by Crippen LogP contribution is 2.48. The third-order valence-corrected chi connectivity index (χ3v) is 6.99. The molecule has 3 heterocycles. The van der Waals surface area contributed by atoms with Gasteiger partial charge in [-0.1, -0.05) is 49.2 Å². The summed E-state index contributed by atoms with van der Waals surface area (Å²) in [5.74, 6) is 1.35. The van der Waals surface area contributed by atoms with Crippen molar-refractivity contribution in [2.75, 3.05) is 0 Å². The summed E-state index contributed by atoms with van der Waals surface area (Å²) >= 11 is 10.2. The van der Waals surface area contributed by atoms with Crippen LogP contribution >= 0.6 is 27.5 Å². The van der Waals surface area contributed by atoms with Gasteiger partial charge in [0, 0.05) is 27.6 Å². The van der Waals surface area contributed by atoms with Crippen LogP contribution in [0.2, 0.25) is 5.15 Å². The summed E-state index contributed by atoms with van der Waals surface area (Å²) in [6.07, 6.45) is 6.82. The number of imidazole rings is 1. The molecule has 3 aromatic rings. The van der Waals surface area contributed by atoms with Crippen LogP contribution in [-0.2, 0) is 13.0 Å². The summed E-state index contributed by atoms with van der Waals surface area (Å²) < 4.78 is 8.29. The van der Waals surface area contributed by atoms with Crippen molar-refractivity contribution in [1.82, 2.24) is 30.2 Å². The van der Waals surface area contributed by atoms with Gasteiger partial charge in [-0.05, 0) is 55.5 Å². The Bertz CT molecular complexity index is 1430. The Kier molecular flexibility index (Phi) is 6.30. The van der Waals surface area contributed by atoms with Gasteiger partial charge in [0.05, 0.1) is 19.1 Å². The molecule has 0 unspecified atom stereocenters. The molecule has 34 heavy (non-hydrogen) atoms. The fourth-order valence-electron chi connectivity index (χ4n) is 4.28. The predicted molar refractivity (Wildman–Crippen MR) is 132 cm³/mol. The molecule has 0 saturated heterocycles. The molecule has 1 aliphatic carbocycles. The largest absolute Gasteiger partial charge is 0.472 e. The first-order valence-corrected chi connectivity index (χ1v) is 12.0. The number of H-pyrrole nitrogens is 1. The van der Waals surface area contributed by atoms with Crippen molar-refractivity contribution in [3.05, 3.63) is 69.6 Å². The number of hydrogen-bond donors (Lipinski definition) is 1. The summed E-state index contributed by atoms with van der Waals surface area (Å²) in [6.45, 7) is 2.53. The third-order valence-electron chi connectivity index (χ3n) is 5.89. The average molecular weight is 540 g/mol. The van der Waals surface area contributed by atoms with E-state index in [1.165, 1.54) is 0 Å². The Labute approximate surface area is 208 Å². The number of benzene rings is 1. The van der Waals surface area contributed by atoms with Gasteiger partial charge in [0.1, 0.15) is 11.5 Å². The minimum Gasteiger partial charge on any atom is -0.472 e. The topological polar surface area (TPSA) is 102 Å². The molecule has 0 atom stereocenters. The first-order valence-electron chi connectivity index (χ1n) is 10.8. The molecule has 2 aliphatic rings. The van der Waals surface area contributed by atoms with Crippen LogP contribution in [0.4, 0.5) is 0 Å². The lowest BCUT2D eigenvalue weighted by molar-refractivity contribution is 0.111. The zero-order valence-electron chi connectivity index (χ0n) is 18.3. The summed E-state index contributed by atoms with van der Waals surface area (Å²) in [4.78, 5) is 16.5. The highest BCUT2D eigenvalue weighted by Gasteiger charge is 2.27. The Balaban J connectivity index is 1.75. The number of aryl methyl sites for hydroxylation is 1. The van der Waals surface area contributed by atoms with Crippen LogP contribution in [0.5, 0.6) is 0 Å². The molecule has 0 radical (unpaired) electrons. The SMILES string of the molecule is CCCCc1nc(Cl)c(C=O)n1Cc1c2ccocc-2c(Br)c1-c1ccccc1-c1nnn[nH]1. The van der Waals surface area contributed by atoms with Crippen molar-refractivity contribution in [2.24, 2.45) is 0 Å². The van der Waals surface area contributed by atoms with Gasteiger partial charge < -0.3 is 8.98 Å². The van der Waals surface area contributed by atoms with Crippen molar-refractivity contribution in [3.63, 3.8) is 0 Å². The molecule has 2 aromatic heterocycles. The summed E-state index contributed by atoms with van der Waals surface area (Å²) in [5.41, 5.74) is 6.06. The number of aldehydes is 1. The van der Waals surface area contributed by atoms with Crippen LogP contribution in [0.3, 0.4) is 0 Å². The molecule has 0 fully saturated rings. The van der Waals surface area contributed by atoms with Crippen LogP contribution in [0.25, 0.3) is 33.6 Å². The van der Waals surface area contributed by atoms with Crippen LogP contribution < -0.4 is 0 Å². The van der Waals surface area contributed by atoms with Crippen molar-refractivity contribution in [3.8, 4) is 33.6 Å². The Morgan fingerprint density at radius 3 is 2.74 bits per heavy atom. The second-order valence-electron chi connectivity index (χ2n) is 7.86. The molecule has 10 heteroatoms. The smallest absolute Gasteiger partial charge is 0.180 e. The number of hydrogen-bond acceptors (Lipinski definition) is 6. The Morgan fingerprint density at radius 2 is 2.00 bits per heavy atom. The highest BCUT2D eigenvalue weighted by atomic mass is 79.9. The molecule has 0 bridgehead atoms. The fraction of sp³-hybridized carbons (Fsp3) is 0.208. The molecule has 8 nitrogen and oxygen atoms in total. The quantitative estimate of drug-likeness (QED) is 0.241. The molecular weight excluding hydrogens is 520 g/mol. The maximum absolute atomic E-state index is 12.0. The van der Waals surface area contributed by atoms with Gasteiger partial charge >= 0.3 is 0 Å². The molecule has 0 spiro atoms. The average Bonchev–Trinajstić information content (AvgIpc) is 3.56. The molecule has 172 valence electrons. The van der Waals surface area contributed by atoms with E-state index in [4.69, 9.17) is 16.0 Å². The van der Waals surface area contributed by atoms with E-state index in [2.05, 4.69) is 48.5 Å². The summed E-state index contributed by atoms with van der Waals surface area (Å²) in [5, 5.41) is 14.7. The second kappa shape index (κ2) is 9.52.